The van der Waals surface area contributed by atoms with Gasteiger partial charge in [0.15, 0.2) is 0 Å². The van der Waals surface area contributed by atoms with Crippen LogP contribution in [0.3, 0.4) is 0 Å². The summed E-state index contributed by atoms with van der Waals surface area (Å²) in [7, 11) is 0. The molecule has 31 heavy (non-hydrogen) atoms. The minimum absolute atomic E-state index is 0.0872. The molecule has 0 amide bonds. The standard InChI is InChI=1S/C21H27F6NS3/c1-15(2)14(29)16(3,4)19(15)30-18(20(22,23)24,21(25,26)27)28(31-19)17-8-11-5-12(9-17)7-13(6-11)10-17/h11-13H,5-10H2,1-4H3. The Bertz CT molecular complexity index is 763. The number of halogens is 6. The van der Waals surface area contributed by atoms with Gasteiger partial charge in [0.2, 0.25) is 0 Å². The fourth-order valence-corrected chi connectivity index (χ4v) is 12.8. The van der Waals surface area contributed by atoms with Crippen LogP contribution in [0.4, 0.5) is 26.3 Å². The van der Waals surface area contributed by atoms with Gasteiger partial charge in [-0.2, -0.15) is 26.3 Å². The van der Waals surface area contributed by atoms with Crippen LogP contribution in [0.25, 0.3) is 0 Å². The molecule has 0 aromatic carbocycles. The molecular formula is C21H27F6NS3. The third kappa shape index (κ3) is 2.52. The molecule has 176 valence electrons. The summed E-state index contributed by atoms with van der Waals surface area (Å²) in [5.74, 6) is 0.697. The van der Waals surface area contributed by atoms with Crippen LogP contribution in [0.2, 0.25) is 0 Å². The Kier molecular flexibility index (Phi) is 4.55. The van der Waals surface area contributed by atoms with Crippen LogP contribution in [0.1, 0.15) is 66.2 Å². The highest BCUT2D eigenvalue weighted by Gasteiger charge is 2.89. The molecule has 5 saturated carbocycles. The Morgan fingerprint density at radius 1 is 0.806 bits per heavy atom. The molecule has 1 aliphatic heterocycles. The first-order valence-electron chi connectivity index (χ1n) is 10.8. The molecule has 0 aromatic heterocycles. The predicted octanol–water partition coefficient (Wildman–Crippen LogP) is 7.61. The van der Waals surface area contributed by atoms with Gasteiger partial charge in [0.05, 0.1) is 4.08 Å². The van der Waals surface area contributed by atoms with E-state index in [-0.39, 0.29) is 29.5 Å². The van der Waals surface area contributed by atoms with E-state index in [0.717, 1.165) is 35.5 Å². The zero-order chi connectivity index (χ0) is 23.0. The lowest BCUT2D eigenvalue weighted by Crippen LogP contribution is -2.70. The molecule has 6 fully saturated rings. The minimum atomic E-state index is -5.46. The smallest absolute Gasteiger partial charge is 0.211 e. The van der Waals surface area contributed by atoms with Gasteiger partial charge in [-0.05, 0) is 56.3 Å². The van der Waals surface area contributed by atoms with Crippen molar-refractivity contribution in [2.45, 2.75) is 93.1 Å². The molecule has 10 heteroatoms. The summed E-state index contributed by atoms with van der Waals surface area (Å²) in [5.41, 5.74) is -2.93. The fraction of sp³-hybridized carbons (Fsp3) is 0.952. The molecule has 0 radical (unpaired) electrons. The van der Waals surface area contributed by atoms with Crippen LogP contribution < -0.4 is 0 Å². The first kappa shape index (κ1) is 23.1. The van der Waals surface area contributed by atoms with Gasteiger partial charge in [0, 0.05) is 21.2 Å². The Morgan fingerprint density at radius 3 is 1.55 bits per heavy atom. The van der Waals surface area contributed by atoms with Gasteiger partial charge in [-0.15, -0.1) is 0 Å². The molecule has 5 aliphatic carbocycles. The minimum Gasteiger partial charge on any atom is -0.211 e. The van der Waals surface area contributed by atoms with E-state index >= 15 is 0 Å². The van der Waals surface area contributed by atoms with Crippen LogP contribution in [0, 0.1) is 28.6 Å². The average Bonchev–Trinajstić information content (AvgIpc) is 3.01. The van der Waals surface area contributed by atoms with E-state index in [4.69, 9.17) is 12.2 Å². The van der Waals surface area contributed by atoms with Gasteiger partial charge in [-0.3, -0.25) is 0 Å². The van der Waals surface area contributed by atoms with Crippen LogP contribution >= 0.6 is 35.9 Å². The van der Waals surface area contributed by atoms with Crippen LogP contribution in [-0.2, 0) is 0 Å². The topological polar surface area (TPSA) is 3.24 Å². The molecule has 6 rings (SSSR count). The Balaban J connectivity index is 1.71. The van der Waals surface area contributed by atoms with Crippen LogP contribution in [0.5, 0.6) is 0 Å². The molecule has 6 aliphatic rings. The van der Waals surface area contributed by atoms with Gasteiger partial charge >= 0.3 is 12.4 Å². The molecule has 0 aromatic rings. The number of hydrogen-bond acceptors (Lipinski definition) is 4. The van der Waals surface area contributed by atoms with E-state index in [9.17, 15) is 26.3 Å². The van der Waals surface area contributed by atoms with Gasteiger partial charge in [0.25, 0.3) is 4.87 Å². The van der Waals surface area contributed by atoms with Crippen molar-refractivity contribution in [1.29, 1.82) is 0 Å². The molecule has 1 nitrogen and oxygen atoms in total. The molecule has 0 atom stereocenters. The highest BCUT2D eigenvalue weighted by Crippen LogP contribution is 2.83. The van der Waals surface area contributed by atoms with Gasteiger partial charge < -0.3 is 0 Å². The van der Waals surface area contributed by atoms with E-state index < -0.39 is 37.7 Å². The molecule has 1 saturated heterocycles. The van der Waals surface area contributed by atoms with E-state index in [1.54, 1.807) is 27.7 Å². The second-order valence-electron chi connectivity index (χ2n) is 11.5. The zero-order valence-electron chi connectivity index (χ0n) is 17.9. The van der Waals surface area contributed by atoms with Crippen molar-refractivity contribution in [3.05, 3.63) is 0 Å². The number of rotatable bonds is 1. The summed E-state index contributed by atoms with van der Waals surface area (Å²) in [5, 5.41) is 0. The maximum Gasteiger partial charge on any atom is 0.426 e. The van der Waals surface area contributed by atoms with Gasteiger partial charge in [-0.1, -0.05) is 63.6 Å². The van der Waals surface area contributed by atoms with E-state index in [0.29, 0.717) is 24.1 Å². The van der Waals surface area contributed by atoms with Crippen molar-refractivity contribution in [3.8, 4) is 0 Å². The summed E-state index contributed by atoms with van der Waals surface area (Å²) in [4.78, 5) is -3.38. The molecule has 0 N–H and O–H groups in total. The average molecular weight is 504 g/mol. The predicted molar refractivity (Wildman–Crippen MR) is 116 cm³/mol. The Labute approximate surface area is 193 Å². The Hall–Kier alpha value is 0.330. The lowest BCUT2D eigenvalue weighted by atomic mass is 9.53. The summed E-state index contributed by atoms with van der Waals surface area (Å²) in [6.07, 6.45) is -6.78. The molecule has 1 spiro atoms. The first-order valence-corrected chi connectivity index (χ1v) is 12.8. The lowest BCUT2D eigenvalue weighted by Gasteiger charge is -2.65. The molecular weight excluding hydrogens is 476 g/mol. The third-order valence-electron chi connectivity index (χ3n) is 8.78. The van der Waals surface area contributed by atoms with Crippen molar-refractivity contribution in [2.24, 2.45) is 28.6 Å². The van der Waals surface area contributed by atoms with Crippen molar-refractivity contribution >= 4 is 40.8 Å². The number of hydrogen-bond donors (Lipinski definition) is 0. The second kappa shape index (κ2) is 6.11. The second-order valence-corrected chi connectivity index (χ2v) is 14.7. The normalized spacial score (nSPS) is 42.3. The molecule has 0 unspecified atom stereocenters. The summed E-state index contributed by atoms with van der Waals surface area (Å²) < 4.78 is 87.9. The van der Waals surface area contributed by atoms with Gasteiger partial charge in [-0.25, -0.2) is 4.31 Å². The lowest BCUT2D eigenvalue weighted by molar-refractivity contribution is -0.304. The third-order valence-corrected chi connectivity index (χ3v) is 14.8. The monoisotopic (exact) mass is 503 g/mol. The quantitative estimate of drug-likeness (QED) is 0.206. The Morgan fingerprint density at radius 2 is 1.19 bits per heavy atom. The van der Waals surface area contributed by atoms with E-state index in [1.165, 1.54) is 0 Å². The van der Waals surface area contributed by atoms with Crippen molar-refractivity contribution in [1.82, 2.24) is 4.31 Å². The SMILES string of the molecule is CC1(C)C(=S)C(C)(C)C12SN(C13CC4CC(CC(C4)C1)C3)C(C(F)(F)F)(C(F)(F)F)S2. The zero-order valence-corrected chi connectivity index (χ0v) is 20.4. The van der Waals surface area contributed by atoms with Gasteiger partial charge in [0.1, 0.15) is 0 Å². The number of thiocarbonyl (C=S) groups is 1. The highest BCUT2D eigenvalue weighted by atomic mass is 32.2. The number of alkyl halides is 6. The number of thioether (sulfide) groups is 1. The summed E-state index contributed by atoms with van der Waals surface area (Å²) >= 11 is 6.45. The molecule has 4 bridgehead atoms. The number of nitrogens with zero attached hydrogens (tertiary/aromatic N) is 1. The highest BCUT2D eigenvalue weighted by molar-refractivity contribution is 8.21. The van der Waals surface area contributed by atoms with E-state index in [2.05, 4.69) is 0 Å². The van der Waals surface area contributed by atoms with Crippen molar-refractivity contribution < 1.29 is 26.3 Å². The summed E-state index contributed by atoms with van der Waals surface area (Å²) in [6.45, 7) is 6.84. The fourth-order valence-electron chi connectivity index (χ4n) is 7.99. The van der Waals surface area contributed by atoms with Crippen LogP contribution in [0.15, 0.2) is 0 Å². The first-order chi connectivity index (χ1) is 13.9. The molecule has 1 heterocycles. The maximum absolute atomic E-state index is 14.7. The van der Waals surface area contributed by atoms with Crippen molar-refractivity contribution in [2.75, 3.05) is 0 Å². The largest absolute Gasteiger partial charge is 0.426 e. The van der Waals surface area contributed by atoms with Crippen LogP contribution in [-0.4, -0.2) is 36.0 Å². The maximum atomic E-state index is 14.7. The van der Waals surface area contributed by atoms with Crippen molar-refractivity contribution in [3.63, 3.8) is 0 Å². The van der Waals surface area contributed by atoms with E-state index in [1.807, 2.05) is 0 Å². The summed E-state index contributed by atoms with van der Waals surface area (Å²) in [6, 6.07) is 0.